The number of benzene rings is 1. The predicted molar refractivity (Wildman–Crippen MR) is 133 cm³/mol. The summed E-state index contributed by atoms with van der Waals surface area (Å²) >= 11 is 6.33. The molecule has 0 spiro atoms. The van der Waals surface area contributed by atoms with E-state index in [0.29, 0.717) is 49.4 Å². The van der Waals surface area contributed by atoms with Gasteiger partial charge in [0.15, 0.2) is 5.82 Å². The maximum absolute atomic E-state index is 13.1. The van der Waals surface area contributed by atoms with Gasteiger partial charge in [-0.15, -0.1) is 0 Å². The minimum atomic E-state index is -0.212. The highest BCUT2D eigenvalue weighted by molar-refractivity contribution is 6.33. The maximum atomic E-state index is 13.1. The van der Waals surface area contributed by atoms with E-state index in [9.17, 15) is 4.79 Å². The third-order valence-electron chi connectivity index (χ3n) is 5.92. The predicted octanol–water partition coefficient (Wildman–Crippen LogP) is 4.23. The van der Waals surface area contributed by atoms with Gasteiger partial charge in [0, 0.05) is 49.6 Å². The van der Waals surface area contributed by atoms with Crippen molar-refractivity contribution in [2.45, 2.75) is 26.2 Å². The molecule has 5 rings (SSSR count). The number of halogens is 1. The first kappa shape index (κ1) is 23.0. The number of hydrogen-bond acceptors (Lipinski definition) is 7. The molecule has 1 aromatic carbocycles. The van der Waals surface area contributed by atoms with E-state index in [1.54, 1.807) is 23.3 Å². The minimum absolute atomic E-state index is 0.106. The molecule has 4 aromatic rings. The molecule has 1 fully saturated rings. The lowest BCUT2D eigenvalue weighted by molar-refractivity contribution is 0.0741. The number of imidazole rings is 1. The topological polar surface area (TPSA) is 93.2 Å². The van der Waals surface area contributed by atoms with Crippen molar-refractivity contribution in [2.75, 3.05) is 31.1 Å². The van der Waals surface area contributed by atoms with Crippen LogP contribution in [-0.2, 0) is 5.41 Å². The standard InChI is InChI=1S/C25H26ClN7O2/c1-25(2,3)24-29-22(35-30-24)17-8-9-27-21(14-17)33-15-19(28-16-33)23(34)32-12-10-31(11-13-32)20-7-5-4-6-18(20)26/h4-9,14-16H,10-13H2,1-3H3. The molecule has 0 bridgehead atoms. The number of piperazine rings is 1. The third-order valence-corrected chi connectivity index (χ3v) is 6.24. The van der Waals surface area contributed by atoms with Crippen molar-refractivity contribution in [3.8, 4) is 17.3 Å². The van der Waals surface area contributed by atoms with Crippen molar-refractivity contribution in [1.29, 1.82) is 0 Å². The minimum Gasteiger partial charge on any atom is -0.367 e. The van der Waals surface area contributed by atoms with Crippen molar-refractivity contribution < 1.29 is 9.32 Å². The monoisotopic (exact) mass is 491 g/mol. The van der Waals surface area contributed by atoms with Gasteiger partial charge in [-0.25, -0.2) is 9.97 Å². The quantitative estimate of drug-likeness (QED) is 0.421. The summed E-state index contributed by atoms with van der Waals surface area (Å²) in [5.74, 6) is 1.56. The first-order valence-corrected chi connectivity index (χ1v) is 11.8. The van der Waals surface area contributed by atoms with E-state index in [4.69, 9.17) is 16.1 Å². The van der Waals surface area contributed by atoms with Crippen molar-refractivity contribution in [1.82, 2.24) is 29.6 Å². The number of carbonyl (C=O) groups is 1. The Kier molecular flexibility index (Phi) is 6.02. The smallest absolute Gasteiger partial charge is 0.274 e. The number of rotatable bonds is 4. The number of anilines is 1. The van der Waals surface area contributed by atoms with Crippen molar-refractivity contribution in [3.63, 3.8) is 0 Å². The van der Waals surface area contributed by atoms with Gasteiger partial charge in [-0.1, -0.05) is 49.7 Å². The van der Waals surface area contributed by atoms with Crippen LogP contribution in [0, 0.1) is 0 Å². The highest BCUT2D eigenvalue weighted by atomic mass is 35.5. The molecule has 1 saturated heterocycles. The molecule has 4 heterocycles. The SMILES string of the molecule is CC(C)(C)c1noc(-c2ccnc(-n3cnc(C(=O)N4CCN(c5ccccc5Cl)CC4)c3)c2)n1. The van der Waals surface area contributed by atoms with Crippen molar-refractivity contribution in [2.24, 2.45) is 0 Å². The van der Waals surface area contributed by atoms with Crippen LogP contribution in [0.4, 0.5) is 5.69 Å². The van der Waals surface area contributed by atoms with Crippen LogP contribution in [0.5, 0.6) is 0 Å². The van der Waals surface area contributed by atoms with Gasteiger partial charge in [-0.05, 0) is 24.3 Å². The van der Waals surface area contributed by atoms with E-state index in [1.165, 1.54) is 0 Å². The summed E-state index contributed by atoms with van der Waals surface area (Å²) in [5.41, 5.74) is 1.90. The lowest BCUT2D eigenvalue weighted by Gasteiger charge is -2.36. The summed E-state index contributed by atoms with van der Waals surface area (Å²) in [7, 11) is 0. The van der Waals surface area contributed by atoms with Crippen LogP contribution in [0.2, 0.25) is 5.02 Å². The van der Waals surface area contributed by atoms with Gasteiger partial charge in [-0.3, -0.25) is 9.36 Å². The Labute approximate surface area is 208 Å². The lowest BCUT2D eigenvalue weighted by atomic mass is 9.96. The molecular formula is C25H26ClN7O2. The van der Waals surface area contributed by atoms with Gasteiger partial charge in [0.1, 0.15) is 17.8 Å². The molecule has 0 saturated carbocycles. The molecular weight excluding hydrogens is 466 g/mol. The molecule has 180 valence electrons. The molecule has 9 nitrogen and oxygen atoms in total. The Bertz CT molecular complexity index is 1350. The highest BCUT2D eigenvalue weighted by Crippen LogP contribution is 2.27. The molecule has 35 heavy (non-hydrogen) atoms. The van der Waals surface area contributed by atoms with Gasteiger partial charge in [0.25, 0.3) is 11.8 Å². The molecule has 0 unspecified atom stereocenters. The van der Waals surface area contributed by atoms with E-state index in [0.717, 1.165) is 16.3 Å². The number of carbonyl (C=O) groups excluding carboxylic acids is 1. The van der Waals surface area contributed by atoms with Crippen LogP contribution < -0.4 is 4.90 Å². The molecule has 1 amide bonds. The van der Waals surface area contributed by atoms with Crippen LogP contribution in [0.1, 0.15) is 37.1 Å². The molecule has 10 heteroatoms. The number of amides is 1. The summed E-state index contributed by atoms with van der Waals surface area (Å²) in [6.07, 6.45) is 4.96. The second-order valence-corrected chi connectivity index (χ2v) is 9.88. The Balaban J connectivity index is 1.28. The van der Waals surface area contributed by atoms with Crippen LogP contribution in [0.3, 0.4) is 0 Å². The Morgan fingerprint density at radius 1 is 1.06 bits per heavy atom. The zero-order valence-electron chi connectivity index (χ0n) is 19.8. The van der Waals surface area contributed by atoms with E-state index in [-0.39, 0.29) is 11.3 Å². The number of pyridine rings is 1. The summed E-state index contributed by atoms with van der Waals surface area (Å²) in [4.78, 5) is 30.4. The fourth-order valence-corrected chi connectivity index (χ4v) is 4.17. The van der Waals surface area contributed by atoms with Crippen LogP contribution in [0.15, 0.2) is 59.6 Å². The molecule has 0 atom stereocenters. The van der Waals surface area contributed by atoms with Crippen LogP contribution in [-0.4, -0.2) is 61.7 Å². The van der Waals surface area contributed by atoms with E-state index in [1.807, 2.05) is 62.1 Å². The molecule has 0 radical (unpaired) electrons. The number of hydrogen-bond donors (Lipinski definition) is 0. The van der Waals surface area contributed by atoms with E-state index >= 15 is 0 Å². The fourth-order valence-electron chi connectivity index (χ4n) is 3.92. The maximum Gasteiger partial charge on any atom is 0.274 e. The molecule has 1 aliphatic rings. The van der Waals surface area contributed by atoms with Gasteiger partial charge >= 0.3 is 0 Å². The van der Waals surface area contributed by atoms with Gasteiger partial charge in [-0.2, -0.15) is 4.98 Å². The number of aromatic nitrogens is 5. The second kappa shape index (κ2) is 9.14. The Morgan fingerprint density at radius 3 is 2.54 bits per heavy atom. The third kappa shape index (κ3) is 4.77. The summed E-state index contributed by atoms with van der Waals surface area (Å²) in [5, 5.41) is 4.81. The highest BCUT2D eigenvalue weighted by Gasteiger charge is 2.25. The van der Waals surface area contributed by atoms with Gasteiger partial charge < -0.3 is 14.3 Å². The van der Waals surface area contributed by atoms with E-state index in [2.05, 4.69) is 25.0 Å². The van der Waals surface area contributed by atoms with Crippen molar-refractivity contribution >= 4 is 23.2 Å². The largest absolute Gasteiger partial charge is 0.367 e. The normalized spacial score (nSPS) is 14.4. The Morgan fingerprint density at radius 2 is 1.83 bits per heavy atom. The zero-order valence-corrected chi connectivity index (χ0v) is 20.6. The van der Waals surface area contributed by atoms with Crippen LogP contribution >= 0.6 is 11.6 Å². The zero-order chi connectivity index (χ0) is 24.6. The van der Waals surface area contributed by atoms with Crippen LogP contribution in [0.25, 0.3) is 17.3 Å². The average molecular weight is 492 g/mol. The number of para-hydroxylation sites is 1. The van der Waals surface area contributed by atoms with Gasteiger partial charge in [0.2, 0.25) is 0 Å². The molecule has 0 N–H and O–H groups in total. The number of nitrogens with zero attached hydrogens (tertiary/aromatic N) is 7. The summed E-state index contributed by atoms with van der Waals surface area (Å²) in [6.45, 7) is 8.69. The first-order valence-electron chi connectivity index (χ1n) is 11.4. The Hall–Kier alpha value is -3.72. The summed E-state index contributed by atoms with van der Waals surface area (Å²) < 4.78 is 7.17. The first-order chi connectivity index (χ1) is 16.8. The van der Waals surface area contributed by atoms with Crippen molar-refractivity contribution in [3.05, 3.63) is 71.7 Å². The second-order valence-electron chi connectivity index (χ2n) is 9.47. The average Bonchev–Trinajstić information content (AvgIpc) is 3.55. The van der Waals surface area contributed by atoms with E-state index < -0.39 is 0 Å². The molecule has 0 aliphatic carbocycles. The van der Waals surface area contributed by atoms with Gasteiger partial charge in [0.05, 0.1) is 10.7 Å². The lowest BCUT2D eigenvalue weighted by Crippen LogP contribution is -2.49. The summed E-state index contributed by atoms with van der Waals surface area (Å²) in [6, 6.07) is 11.4. The molecule has 3 aromatic heterocycles. The molecule has 1 aliphatic heterocycles. The fraction of sp³-hybridized carbons (Fsp3) is 0.320.